The van der Waals surface area contributed by atoms with Crippen LogP contribution >= 0.6 is 0 Å². The molecule has 20 heavy (non-hydrogen) atoms. The molecule has 0 amide bonds. The SMILES string of the molecule is O=C(O)C1CCC2CCCCC2N1S(=O)(=O)C(F)(F)F. The number of carbonyl (C=O) groups is 1. The van der Waals surface area contributed by atoms with E-state index in [2.05, 4.69) is 0 Å². The van der Waals surface area contributed by atoms with Gasteiger partial charge in [0.25, 0.3) is 0 Å². The zero-order valence-corrected chi connectivity index (χ0v) is 11.5. The molecule has 5 nitrogen and oxygen atoms in total. The third-order valence-electron chi connectivity index (χ3n) is 4.17. The van der Waals surface area contributed by atoms with Crippen molar-refractivity contribution in [2.24, 2.45) is 5.92 Å². The predicted molar refractivity (Wildman–Crippen MR) is 63.2 cm³/mol. The van der Waals surface area contributed by atoms with Crippen LogP contribution in [0.1, 0.15) is 38.5 Å². The summed E-state index contributed by atoms with van der Waals surface area (Å²) in [6.07, 6.45) is 2.82. The maximum absolute atomic E-state index is 12.8. The van der Waals surface area contributed by atoms with Gasteiger partial charge in [0, 0.05) is 6.04 Å². The number of aliphatic carboxylic acids is 1. The number of carboxylic acids is 1. The second-order valence-electron chi connectivity index (χ2n) is 5.32. The number of sulfonamides is 1. The summed E-state index contributed by atoms with van der Waals surface area (Å²) in [6.45, 7) is 0. The molecule has 1 saturated carbocycles. The van der Waals surface area contributed by atoms with Gasteiger partial charge in [-0.25, -0.2) is 8.42 Å². The number of piperidine rings is 1. The van der Waals surface area contributed by atoms with E-state index in [0.717, 1.165) is 6.42 Å². The number of halogens is 3. The van der Waals surface area contributed by atoms with E-state index >= 15 is 0 Å². The van der Waals surface area contributed by atoms with Crippen molar-refractivity contribution in [3.05, 3.63) is 0 Å². The molecule has 9 heteroatoms. The van der Waals surface area contributed by atoms with Gasteiger partial charge in [0.15, 0.2) is 0 Å². The lowest BCUT2D eigenvalue weighted by molar-refractivity contribution is -0.145. The molecular weight excluding hydrogens is 299 g/mol. The summed E-state index contributed by atoms with van der Waals surface area (Å²) >= 11 is 0. The van der Waals surface area contributed by atoms with Crippen molar-refractivity contribution in [2.75, 3.05) is 0 Å². The number of hydrogen-bond donors (Lipinski definition) is 1. The highest BCUT2D eigenvalue weighted by Crippen LogP contribution is 2.42. The maximum atomic E-state index is 12.8. The molecule has 0 radical (unpaired) electrons. The van der Waals surface area contributed by atoms with E-state index in [9.17, 15) is 26.4 Å². The highest BCUT2D eigenvalue weighted by atomic mass is 32.2. The van der Waals surface area contributed by atoms with Crippen molar-refractivity contribution >= 4 is 16.0 Å². The molecule has 1 N–H and O–H groups in total. The Balaban J connectivity index is 2.43. The molecule has 1 saturated heterocycles. The smallest absolute Gasteiger partial charge is 0.480 e. The van der Waals surface area contributed by atoms with Crippen LogP contribution in [0.3, 0.4) is 0 Å². The molecule has 2 rings (SSSR count). The van der Waals surface area contributed by atoms with Gasteiger partial charge in [-0.05, 0) is 31.6 Å². The highest BCUT2D eigenvalue weighted by Gasteiger charge is 2.57. The first-order chi connectivity index (χ1) is 9.16. The molecule has 1 aliphatic carbocycles. The van der Waals surface area contributed by atoms with Gasteiger partial charge in [0.05, 0.1) is 0 Å². The van der Waals surface area contributed by atoms with Gasteiger partial charge in [0.2, 0.25) is 0 Å². The molecule has 3 atom stereocenters. The largest absolute Gasteiger partial charge is 0.511 e. The van der Waals surface area contributed by atoms with Crippen LogP contribution in [0, 0.1) is 5.92 Å². The topological polar surface area (TPSA) is 74.7 Å². The number of nitrogens with zero attached hydrogens (tertiary/aromatic N) is 1. The first-order valence-corrected chi connectivity index (χ1v) is 7.93. The summed E-state index contributed by atoms with van der Waals surface area (Å²) < 4.78 is 62.0. The minimum Gasteiger partial charge on any atom is -0.480 e. The quantitative estimate of drug-likeness (QED) is 0.845. The number of hydrogen-bond acceptors (Lipinski definition) is 3. The summed E-state index contributed by atoms with van der Waals surface area (Å²) in [7, 11) is -5.61. The average Bonchev–Trinajstić information content (AvgIpc) is 2.35. The fourth-order valence-corrected chi connectivity index (χ4v) is 4.69. The molecule has 0 aromatic rings. The van der Waals surface area contributed by atoms with Gasteiger partial charge in [-0.1, -0.05) is 12.8 Å². The van der Waals surface area contributed by atoms with Crippen LogP contribution in [0.4, 0.5) is 13.2 Å². The van der Waals surface area contributed by atoms with Crippen molar-refractivity contribution in [2.45, 2.75) is 56.1 Å². The molecule has 1 heterocycles. The average molecular weight is 315 g/mol. The molecule has 116 valence electrons. The summed E-state index contributed by atoms with van der Waals surface area (Å²) in [4.78, 5) is 11.1. The van der Waals surface area contributed by atoms with Crippen LogP contribution in [0.5, 0.6) is 0 Å². The van der Waals surface area contributed by atoms with E-state index in [-0.39, 0.29) is 16.6 Å². The van der Waals surface area contributed by atoms with E-state index in [1.165, 1.54) is 0 Å². The monoisotopic (exact) mass is 315 g/mol. The van der Waals surface area contributed by atoms with Gasteiger partial charge >= 0.3 is 21.5 Å². The lowest BCUT2D eigenvalue weighted by Gasteiger charge is -2.45. The zero-order valence-electron chi connectivity index (χ0n) is 10.6. The van der Waals surface area contributed by atoms with Crippen LogP contribution < -0.4 is 0 Å². The van der Waals surface area contributed by atoms with Gasteiger partial charge in [-0.3, -0.25) is 4.79 Å². The van der Waals surface area contributed by atoms with Crippen LogP contribution in [0.25, 0.3) is 0 Å². The number of rotatable bonds is 2. The van der Waals surface area contributed by atoms with Gasteiger partial charge in [-0.15, -0.1) is 0 Å². The molecule has 0 spiro atoms. The van der Waals surface area contributed by atoms with Gasteiger partial charge in [-0.2, -0.15) is 17.5 Å². The van der Waals surface area contributed by atoms with E-state index < -0.39 is 33.6 Å². The molecule has 2 aliphatic rings. The minimum absolute atomic E-state index is 0.0637. The first-order valence-electron chi connectivity index (χ1n) is 6.49. The van der Waals surface area contributed by atoms with Crippen molar-refractivity contribution in [1.29, 1.82) is 0 Å². The van der Waals surface area contributed by atoms with Crippen molar-refractivity contribution in [3.8, 4) is 0 Å². The molecule has 1 aliphatic heterocycles. The molecule has 2 fully saturated rings. The maximum Gasteiger partial charge on any atom is 0.511 e. The Hall–Kier alpha value is -0.830. The van der Waals surface area contributed by atoms with Crippen LogP contribution in [-0.2, 0) is 14.8 Å². The van der Waals surface area contributed by atoms with Gasteiger partial charge < -0.3 is 5.11 Å². The Bertz CT molecular complexity index is 490. The normalized spacial score (nSPS) is 32.6. The fourth-order valence-electron chi connectivity index (χ4n) is 3.29. The first kappa shape index (κ1) is 15.6. The molecule has 3 unspecified atom stereocenters. The minimum atomic E-state index is -5.61. The molecule has 0 bridgehead atoms. The second-order valence-corrected chi connectivity index (χ2v) is 7.16. The van der Waals surface area contributed by atoms with Crippen LogP contribution in [-0.4, -0.2) is 41.4 Å². The second kappa shape index (κ2) is 5.18. The third kappa shape index (κ3) is 2.52. The third-order valence-corrected chi connectivity index (χ3v) is 5.83. The zero-order chi connectivity index (χ0) is 15.1. The standard InChI is InChI=1S/C11H16F3NO4S/c12-11(13,14)20(18,19)15-8-4-2-1-3-7(8)5-6-9(15)10(16)17/h7-9H,1-6H2,(H,16,17). The van der Waals surface area contributed by atoms with Crippen LogP contribution in [0.15, 0.2) is 0 Å². The van der Waals surface area contributed by atoms with Crippen LogP contribution in [0.2, 0.25) is 0 Å². The number of carboxylic acid groups (broad SMARTS) is 1. The summed E-state index contributed by atoms with van der Waals surface area (Å²) in [5.74, 6) is -1.68. The Kier molecular flexibility index (Phi) is 4.03. The summed E-state index contributed by atoms with van der Waals surface area (Å²) in [6, 6.07) is -2.45. The Morgan fingerprint density at radius 1 is 1.10 bits per heavy atom. The Morgan fingerprint density at radius 3 is 2.25 bits per heavy atom. The van der Waals surface area contributed by atoms with E-state index in [4.69, 9.17) is 5.11 Å². The number of alkyl halides is 3. The predicted octanol–water partition coefficient (Wildman–Crippen LogP) is 1.94. The van der Waals surface area contributed by atoms with Crippen molar-refractivity contribution in [3.63, 3.8) is 0 Å². The number of fused-ring (bicyclic) bond motifs is 1. The molecule has 0 aromatic heterocycles. The Labute approximate surface area is 114 Å². The van der Waals surface area contributed by atoms with E-state index in [1.807, 2.05) is 0 Å². The fraction of sp³-hybridized carbons (Fsp3) is 0.909. The molecular formula is C11H16F3NO4S. The summed E-state index contributed by atoms with van der Waals surface area (Å²) in [5.41, 5.74) is -5.46. The van der Waals surface area contributed by atoms with Crippen molar-refractivity contribution in [1.82, 2.24) is 4.31 Å². The van der Waals surface area contributed by atoms with Gasteiger partial charge in [0.1, 0.15) is 6.04 Å². The van der Waals surface area contributed by atoms with E-state index in [1.54, 1.807) is 0 Å². The molecule has 0 aromatic carbocycles. The summed E-state index contributed by atoms with van der Waals surface area (Å²) in [5, 5.41) is 9.05. The van der Waals surface area contributed by atoms with Crippen molar-refractivity contribution < 1.29 is 31.5 Å². The lowest BCUT2D eigenvalue weighted by Crippen LogP contribution is -2.59. The lowest BCUT2D eigenvalue weighted by atomic mass is 9.78. The highest BCUT2D eigenvalue weighted by molar-refractivity contribution is 7.90. The Morgan fingerprint density at radius 2 is 1.70 bits per heavy atom. The van der Waals surface area contributed by atoms with E-state index in [0.29, 0.717) is 25.7 Å².